The molecule has 4 N–H and O–H groups in total. The highest BCUT2D eigenvalue weighted by Gasteiger charge is 2.59. The van der Waals surface area contributed by atoms with E-state index in [0.717, 1.165) is 25.3 Å². The van der Waals surface area contributed by atoms with Gasteiger partial charge in [0.25, 0.3) is 11.8 Å². The van der Waals surface area contributed by atoms with Gasteiger partial charge in [-0.05, 0) is 31.3 Å². The highest BCUT2D eigenvalue weighted by atomic mass is 19.1. The van der Waals surface area contributed by atoms with E-state index in [4.69, 9.17) is 5.73 Å². The number of dihydropyridines is 1. The van der Waals surface area contributed by atoms with Crippen LogP contribution in [-0.4, -0.2) is 63.1 Å². The zero-order valence-corrected chi connectivity index (χ0v) is 16.5. The van der Waals surface area contributed by atoms with E-state index in [1.54, 1.807) is 4.90 Å². The molecule has 4 aliphatic rings. The number of nitrogens with zero attached hydrogens (tertiary/aromatic N) is 3. The van der Waals surface area contributed by atoms with Crippen LogP contribution in [0.3, 0.4) is 0 Å². The molecule has 4 heterocycles. The lowest BCUT2D eigenvalue weighted by Crippen LogP contribution is -2.66. The maximum absolute atomic E-state index is 13.8. The van der Waals surface area contributed by atoms with Crippen molar-refractivity contribution in [2.45, 2.75) is 43.7 Å². The third kappa shape index (κ3) is 2.83. The number of carbonyl (C=O) groups is 2. The van der Waals surface area contributed by atoms with E-state index in [2.05, 4.69) is 10.3 Å². The van der Waals surface area contributed by atoms with Crippen molar-refractivity contribution in [2.75, 3.05) is 13.1 Å². The molecule has 11 heteroatoms. The molecule has 1 aromatic heterocycles. The van der Waals surface area contributed by atoms with Crippen LogP contribution in [0.4, 0.5) is 8.78 Å². The van der Waals surface area contributed by atoms with Crippen LogP contribution in [0.15, 0.2) is 27.9 Å². The third-order valence-corrected chi connectivity index (χ3v) is 6.75. The molecule has 4 atom stereocenters. The molecule has 2 fully saturated rings. The van der Waals surface area contributed by atoms with E-state index in [-0.39, 0.29) is 43.0 Å². The summed E-state index contributed by atoms with van der Waals surface area (Å²) in [5, 5.41) is 12.8. The van der Waals surface area contributed by atoms with Gasteiger partial charge in [0.05, 0.1) is 25.3 Å². The summed E-state index contributed by atoms with van der Waals surface area (Å²) < 4.78 is 28.3. The van der Waals surface area contributed by atoms with Gasteiger partial charge in [-0.15, -0.1) is 0 Å². The lowest BCUT2D eigenvalue weighted by molar-refractivity contribution is 0.0109. The second kappa shape index (κ2) is 6.71. The first kappa shape index (κ1) is 19.9. The average molecular weight is 433 g/mol. The van der Waals surface area contributed by atoms with Crippen LogP contribution in [0.1, 0.15) is 40.1 Å². The number of aliphatic imine (C=N–C) groups is 1. The van der Waals surface area contributed by atoms with Crippen LogP contribution < -0.4 is 16.5 Å². The van der Waals surface area contributed by atoms with Gasteiger partial charge < -0.3 is 25.6 Å². The molecule has 0 spiro atoms. The van der Waals surface area contributed by atoms with Gasteiger partial charge in [-0.25, -0.2) is 8.78 Å². The molecule has 5 rings (SSSR count). The Labute approximate surface area is 175 Å². The lowest BCUT2D eigenvalue weighted by atomic mass is 9.89. The number of hydrogen-bond acceptors (Lipinski definition) is 6. The Morgan fingerprint density at radius 2 is 2.16 bits per heavy atom. The van der Waals surface area contributed by atoms with E-state index < -0.39 is 46.2 Å². The fourth-order valence-electron chi connectivity index (χ4n) is 5.27. The van der Waals surface area contributed by atoms with Gasteiger partial charge in [0.1, 0.15) is 23.2 Å². The van der Waals surface area contributed by atoms with Gasteiger partial charge in [0, 0.05) is 12.2 Å². The number of rotatable bonds is 3. The van der Waals surface area contributed by atoms with Gasteiger partial charge in [0.15, 0.2) is 11.4 Å². The van der Waals surface area contributed by atoms with Crippen molar-refractivity contribution in [3.05, 3.63) is 39.6 Å². The molecule has 0 radical (unpaired) electrons. The second-order valence-corrected chi connectivity index (χ2v) is 8.53. The molecule has 31 heavy (non-hydrogen) atoms. The second-order valence-electron chi connectivity index (χ2n) is 8.53. The zero-order chi connectivity index (χ0) is 22.1. The van der Waals surface area contributed by atoms with Gasteiger partial charge in [-0.2, -0.15) is 0 Å². The van der Waals surface area contributed by atoms with E-state index in [0.29, 0.717) is 0 Å². The highest BCUT2D eigenvalue weighted by molar-refractivity contribution is 6.04. The van der Waals surface area contributed by atoms with Gasteiger partial charge in [0.2, 0.25) is 5.43 Å². The number of alkyl halides is 1. The number of amides is 2. The maximum Gasteiger partial charge on any atom is 0.276 e. The van der Waals surface area contributed by atoms with Gasteiger partial charge in [-0.1, -0.05) is 0 Å². The van der Waals surface area contributed by atoms with Crippen LogP contribution >= 0.6 is 0 Å². The summed E-state index contributed by atoms with van der Waals surface area (Å²) in [6, 6.07) is -0.0168. The molecule has 2 amide bonds. The Bertz CT molecular complexity index is 1130. The van der Waals surface area contributed by atoms with Crippen LogP contribution in [0.5, 0.6) is 5.75 Å². The van der Waals surface area contributed by atoms with E-state index in [9.17, 15) is 28.3 Å². The molecular weight excluding hydrogens is 412 g/mol. The first-order chi connectivity index (χ1) is 14.7. The molecule has 2 unspecified atom stereocenters. The zero-order valence-electron chi connectivity index (χ0n) is 16.5. The number of nitrogens with one attached hydrogen (secondary N) is 1. The molecule has 0 aromatic carbocycles. The fourth-order valence-corrected chi connectivity index (χ4v) is 5.27. The Hall–Kier alpha value is -3.08. The molecule has 1 aromatic rings. The van der Waals surface area contributed by atoms with E-state index >= 15 is 0 Å². The van der Waals surface area contributed by atoms with E-state index in [1.165, 1.54) is 10.8 Å². The Balaban J connectivity index is 1.44. The SMILES string of the molecule is NC12Cn3cc(C(=O)NCC4=NCC(F)C=C4F)c(=O)c(O)c3C(=O)N1[C@H]1CC[C@@H]2C1. The fraction of sp³-hybridized carbons (Fsp3) is 0.500. The first-order valence-electron chi connectivity index (χ1n) is 10.1. The number of piperidine rings is 1. The number of carbonyl (C=O) groups excluding carboxylic acids is 2. The Morgan fingerprint density at radius 3 is 2.90 bits per heavy atom. The number of halogens is 2. The summed E-state index contributed by atoms with van der Waals surface area (Å²) in [6.45, 7) is -0.460. The van der Waals surface area contributed by atoms with Gasteiger partial charge in [-0.3, -0.25) is 19.4 Å². The third-order valence-electron chi connectivity index (χ3n) is 6.75. The highest BCUT2D eigenvalue weighted by Crippen LogP contribution is 2.50. The smallest absolute Gasteiger partial charge is 0.276 e. The lowest BCUT2D eigenvalue weighted by Gasteiger charge is -2.48. The number of aromatic nitrogens is 1. The topological polar surface area (TPSA) is 130 Å². The van der Waals surface area contributed by atoms with Crippen molar-refractivity contribution in [2.24, 2.45) is 16.6 Å². The van der Waals surface area contributed by atoms with Crippen LogP contribution in [0, 0.1) is 5.92 Å². The Morgan fingerprint density at radius 1 is 1.39 bits per heavy atom. The Kier molecular flexibility index (Phi) is 4.30. The largest absolute Gasteiger partial charge is 0.503 e. The van der Waals surface area contributed by atoms with Crippen LogP contribution in [-0.2, 0) is 6.54 Å². The number of fused-ring (bicyclic) bond motifs is 6. The number of aromatic hydroxyl groups is 1. The average Bonchev–Trinajstić information content (AvgIpc) is 3.29. The van der Waals surface area contributed by atoms with Crippen molar-refractivity contribution in [3.63, 3.8) is 0 Å². The monoisotopic (exact) mass is 433 g/mol. The number of nitrogens with two attached hydrogens (primary N) is 1. The summed E-state index contributed by atoms with van der Waals surface area (Å²) in [5.74, 6) is -2.98. The summed E-state index contributed by atoms with van der Waals surface area (Å²) in [6.07, 6.45) is 2.94. The normalized spacial score (nSPS) is 31.1. The molecule has 2 bridgehead atoms. The molecule has 9 nitrogen and oxygen atoms in total. The number of pyridine rings is 1. The molecule has 1 saturated carbocycles. The minimum Gasteiger partial charge on any atom is -0.503 e. The molecule has 164 valence electrons. The number of hydrogen-bond donors (Lipinski definition) is 3. The van der Waals surface area contributed by atoms with Crippen molar-refractivity contribution in [1.82, 2.24) is 14.8 Å². The molecular formula is C20H21F2N5O4. The molecule has 1 saturated heterocycles. The van der Waals surface area contributed by atoms with Crippen molar-refractivity contribution < 1.29 is 23.5 Å². The summed E-state index contributed by atoms with van der Waals surface area (Å²) in [4.78, 5) is 43.6. The standard InChI is InChI=1S/C20H21F2N5O4/c21-10-4-13(22)14(24-5-10)6-25-18(30)12-7-26-8-20(23)9-1-2-11(3-9)27(20)19(31)15(26)17(29)16(12)28/h4,7,9-11,29H,1-3,5-6,8,23H2,(H,25,30)/t9-,10?,11+,20?/m1/s1. The summed E-state index contributed by atoms with van der Waals surface area (Å²) in [5.41, 5.74) is 3.91. The summed E-state index contributed by atoms with van der Waals surface area (Å²) in [7, 11) is 0. The van der Waals surface area contributed by atoms with Crippen LogP contribution in [0.2, 0.25) is 0 Å². The minimum atomic E-state index is -1.52. The van der Waals surface area contributed by atoms with Crippen LogP contribution in [0.25, 0.3) is 0 Å². The first-order valence-corrected chi connectivity index (χ1v) is 10.1. The van der Waals surface area contributed by atoms with Gasteiger partial charge >= 0.3 is 0 Å². The van der Waals surface area contributed by atoms with Crippen molar-refractivity contribution in [3.8, 4) is 5.75 Å². The quantitative estimate of drug-likeness (QED) is 0.628. The minimum absolute atomic E-state index is 0.0168. The predicted octanol–water partition coefficient (Wildman–Crippen LogP) is 0.223. The summed E-state index contributed by atoms with van der Waals surface area (Å²) >= 11 is 0. The van der Waals surface area contributed by atoms with Crippen molar-refractivity contribution >= 4 is 17.5 Å². The molecule has 3 aliphatic heterocycles. The van der Waals surface area contributed by atoms with Crippen molar-refractivity contribution in [1.29, 1.82) is 0 Å². The molecule has 1 aliphatic carbocycles. The maximum atomic E-state index is 13.8. The predicted molar refractivity (Wildman–Crippen MR) is 105 cm³/mol. The van der Waals surface area contributed by atoms with E-state index in [1.807, 2.05) is 0 Å².